The lowest BCUT2D eigenvalue weighted by atomic mass is 10.1. The molecule has 2 heterocycles. The minimum Gasteiger partial charge on any atom is -0.339 e. The van der Waals surface area contributed by atoms with Gasteiger partial charge >= 0.3 is 0 Å². The molecule has 0 saturated heterocycles. The smallest absolute Gasteiger partial charge is 0.274 e. The first kappa shape index (κ1) is 10.6. The summed E-state index contributed by atoms with van der Waals surface area (Å²) in [4.78, 5) is 15.4. The first-order valence-corrected chi connectivity index (χ1v) is 6.50. The summed E-state index contributed by atoms with van der Waals surface area (Å²) in [6.07, 6.45) is 2.37. The van der Waals surface area contributed by atoms with Crippen molar-refractivity contribution in [2.45, 2.75) is 18.8 Å². The zero-order chi connectivity index (χ0) is 12.8. The van der Waals surface area contributed by atoms with E-state index in [4.69, 9.17) is 0 Å². The molecule has 1 aliphatic rings. The Morgan fingerprint density at radius 2 is 1.95 bits per heavy atom. The molecule has 0 bridgehead atoms. The van der Waals surface area contributed by atoms with Gasteiger partial charge in [-0.2, -0.15) is 9.61 Å². The Bertz CT molecular complexity index is 797. The fraction of sp³-hybridized carbons (Fsp3) is 0.200. The zero-order valence-electron chi connectivity index (χ0n) is 10.3. The van der Waals surface area contributed by atoms with E-state index in [0.29, 0.717) is 5.92 Å². The second kappa shape index (κ2) is 3.82. The maximum absolute atomic E-state index is 12.1. The van der Waals surface area contributed by atoms with E-state index in [1.165, 1.54) is 17.4 Å². The SMILES string of the molecule is O=c1cc(-c2ccccc2)[nH]c2cc(C3CC3)nn12. The predicted molar refractivity (Wildman–Crippen MR) is 73.2 cm³/mol. The number of benzene rings is 1. The Balaban J connectivity index is 1.92. The van der Waals surface area contributed by atoms with Crippen molar-refractivity contribution < 1.29 is 0 Å². The lowest BCUT2D eigenvalue weighted by molar-refractivity contribution is 0.854. The van der Waals surface area contributed by atoms with Gasteiger partial charge in [0.2, 0.25) is 0 Å². The number of aromatic amines is 1. The Morgan fingerprint density at radius 3 is 2.68 bits per heavy atom. The topological polar surface area (TPSA) is 50.2 Å². The molecule has 0 amide bonds. The number of fused-ring (bicyclic) bond motifs is 1. The predicted octanol–water partition coefficient (Wildman–Crippen LogP) is 2.57. The standard InChI is InChI=1S/C15H13N3O/c19-15-9-12(10-4-2-1-3-5-10)16-14-8-13(11-6-7-11)17-18(14)15/h1-5,8-9,11,16H,6-7H2. The van der Waals surface area contributed by atoms with Crippen LogP contribution >= 0.6 is 0 Å². The van der Waals surface area contributed by atoms with Crippen molar-refractivity contribution in [3.63, 3.8) is 0 Å². The van der Waals surface area contributed by atoms with Crippen LogP contribution in [0.4, 0.5) is 0 Å². The van der Waals surface area contributed by atoms with Crippen LogP contribution in [-0.2, 0) is 0 Å². The molecule has 0 atom stereocenters. The minimum atomic E-state index is -0.0838. The fourth-order valence-electron chi connectivity index (χ4n) is 2.37. The van der Waals surface area contributed by atoms with Crippen molar-refractivity contribution in [2.24, 2.45) is 0 Å². The highest BCUT2D eigenvalue weighted by molar-refractivity contribution is 5.61. The van der Waals surface area contributed by atoms with E-state index in [-0.39, 0.29) is 5.56 Å². The average Bonchev–Trinajstić information content (AvgIpc) is 3.20. The van der Waals surface area contributed by atoms with Crippen LogP contribution in [0.5, 0.6) is 0 Å². The number of rotatable bonds is 2. The highest BCUT2D eigenvalue weighted by Gasteiger charge is 2.26. The first-order valence-electron chi connectivity index (χ1n) is 6.50. The van der Waals surface area contributed by atoms with Crippen LogP contribution in [0, 0.1) is 0 Å². The molecule has 1 N–H and O–H groups in total. The summed E-state index contributed by atoms with van der Waals surface area (Å²) in [6.45, 7) is 0. The van der Waals surface area contributed by atoms with E-state index < -0.39 is 0 Å². The van der Waals surface area contributed by atoms with Gasteiger partial charge in [0.25, 0.3) is 5.56 Å². The van der Waals surface area contributed by atoms with E-state index in [0.717, 1.165) is 22.6 Å². The third-order valence-corrected chi connectivity index (χ3v) is 3.55. The van der Waals surface area contributed by atoms with Gasteiger partial charge in [0.15, 0.2) is 0 Å². The summed E-state index contributed by atoms with van der Waals surface area (Å²) >= 11 is 0. The van der Waals surface area contributed by atoms with Gasteiger partial charge in [-0.1, -0.05) is 30.3 Å². The van der Waals surface area contributed by atoms with Crippen molar-refractivity contribution in [1.29, 1.82) is 0 Å². The third kappa shape index (κ3) is 1.76. The second-order valence-electron chi connectivity index (χ2n) is 5.03. The van der Waals surface area contributed by atoms with Crippen LogP contribution in [0.1, 0.15) is 24.5 Å². The molecule has 4 heteroatoms. The molecule has 0 aliphatic heterocycles. The van der Waals surface area contributed by atoms with E-state index in [1.807, 2.05) is 36.4 Å². The van der Waals surface area contributed by atoms with Gasteiger partial charge in [0.1, 0.15) is 5.65 Å². The number of hydrogen-bond donors (Lipinski definition) is 1. The second-order valence-corrected chi connectivity index (χ2v) is 5.03. The molecule has 1 aliphatic carbocycles. The first-order chi connectivity index (χ1) is 9.31. The van der Waals surface area contributed by atoms with Crippen LogP contribution in [0.25, 0.3) is 16.9 Å². The Morgan fingerprint density at radius 1 is 1.16 bits per heavy atom. The van der Waals surface area contributed by atoms with Gasteiger partial charge < -0.3 is 4.98 Å². The van der Waals surface area contributed by atoms with E-state index in [1.54, 1.807) is 6.07 Å². The molecule has 4 nitrogen and oxygen atoms in total. The lowest BCUT2D eigenvalue weighted by Crippen LogP contribution is -2.14. The van der Waals surface area contributed by atoms with E-state index >= 15 is 0 Å². The molecule has 2 aromatic heterocycles. The van der Waals surface area contributed by atoms with Gasteiger partial charge in [0, 0.05) is 18.1 Å². The summed E-state index contributed by atoms with van der Waals surface area (Å²) in [6, 6.07) is 13.5. The number of hydrogen-bond acceptors (Lipinski definition) is 2. The molecule has 1 aromatic carbocycles. The van der Waals surface area contributed by atoms with Crippen molar-refractivity contribution in [3.8, 4) is 11.3 Å². The zero-order valence-corrected chi connectivity index (χ0v) is 10.3. The third-order valence-electron chi connectivity index (χ3n) is 3.55. The van der Waals surface area contributed by atoms with Crippen molar-refractivity contribution in [2.75, 3.05) is 0 Å². The van der Waals surface area contributed by atoms with Gasteiger partial charge in [-0.3, -0.25) is 4.79 Å². The monoisotopic (exact) mass is 251 g/mol. The summed E-state index contributed by atoms with van der Waals surface area (Å²) in [5.41, 5.74) is 3.56. The molecule has 0 radical (unpaired) electrons. The van der Waals surface area contributed by atoms with Crippen LogP contribution < -0.4 is 5.56 Å². The number of nitrogens with one attached hydrogen (secondary N) is 1. The molecule has 19 heavy (non-hydrogen) atoms. The highest BCUT2D eigenvalue weighted by atomic mass is 16.1. The average molecular weight is 251 g/mol. The summed E-state index contributed by atoms with van der Waals surface area (Å²) < 4.78 is 1.46. The molecule has 0 spiro atoms. The van der Waals surface area contributed by atoms with Crippen LogP contribution in [0.3, 0.4) is 0 Å². The largest absolute Gasteiger partial charge is 0.339 e. The normalized spacial score (nSPS) is 14.9. The molecular formula is C15H13N3O. The molecule has 1 saturated carbocycles. The summed E-state index contributed by atoms with van der Waals surface area (Å²) in [5, 5.41) is 4.38. The van der Waals surface area contributed by atoms with Crippen molar-refractivity contribution in [1.82, 2.24) is 14.6 Å². The molecule has 94 valence electrons. The summed E-state index contributed by atoms with van der Waals surface area (Å²) in [5.74, 6) is 0.549. The van der Waals surface area contributed by atoms with Crippen molar-refractivity contribution >= 4 is 5.65 Å². The van der Waals surface area contributed by atoms with Crippen molar-refractivity contribution in [3.05, 3.63) is 58.5 Å². The lowest BCUT2D eigenvalue weighted by Gasteiger charge is -2.01. The summed E-state index contributed by atoms with van der Waals surface area (Å²) in [7, 11) is 0. The maximum atomic E-state index is 12.1. The molecule has 3 aromatic rings. The van der Waals surface area contributed by atoms with Gasteiger partial charge in [-0.15, -0.1) is 0 Å². The van der Waals surface area contributed by atoms with Crippen LogP contribution in [0.2, 0.25) is 0 Å². The van der Waals surface area contributed by atoms with E-state index in [9.17, 15) is 4.79 Å². The highest BCUT2D eigenvalue weighted by Crippen LogP contribution is 2.39. The number of H-pyrrole nitrogens is 1. The maximum Gasteiger partial charge on any atom is 0.274 e. The molecule has 0 unspecified atom stereocenters. The minimum absolute atomic E-state index is 0.0838. The fourth-order valence-corrected chi connectivity index (χ4v) is 2.37. The molecular weight excluding hydrogens is 238 g/mol. The van der Waals surface area contributed by atoms with Crippen LogP contribution in [-0.4, -0.2) is 14.6 Å². The number of aromatic nitrogens is 3. The van der Waals surface area contributed by atoms with Gasteiger partial charge in [0.05, 0.1) is 11.4 Å². The molecule has 1 fully saturated rings. The Hall–Kier alpha value is -2.36. The van der Waals surface area contributed by atoms with Gasteiger partial charge in [-0.25, -0.2) is 0 Å². The molecule has 4 rings (SSSR count). The quantitative estimate of drug-likeness (QED) is 0.761. The Labute approximate surface area is 109 Å². The van der Waals surface area contributed by atoms with Gasteiger partial charge in [-0.05, 0) is 18.4 Å². The number of nitrogens with zero attached hydrogens (tertiary/aromatic N) is 2. The van der Waals surface area contributed by atoms with E-state index in [2.05, 4.69) is 10.1 Å². The van der Waals surface area contributed by atoms with Crippen LogP contribution in [0.15, 0.2) is 47.3 Å². The Kier molecular flexibility index (Phi) is 2.12.